The molecule has 3 rings (SSSR count). The van der Waals surface area contributed by atoms with Crippen LogP contribution in [0.25, 0.3) is 11.3 Å². The van der Waals surface area contributed by atoms with E-state index in [0.717, 1.165) is 43.3 Å². The highest BCUT2D eigenvalue weighted by Gasteiger charge is 2.20. The molecule has 0 saturated carbocycles. The largest absolute Gasteiger partial charge is 0.480 e. The Kier molecular flexibility index (Phi) is 4.24. The number of anilines is 1. The van der Waals surface area contributed by atoms with Crippen molar-refractivity contribution in [3.63, 3.8) is 0 Å². The molecule has 7 nitrogen and oxygen atoms in total. The topological polar surface area (TPSA) is 82.5 Å². The van der Waals surface area contributed by atoms with Crippen molar-refractivity contribution in [2.75, 3.05) is 37.6 Å². The standard InChI is InChI=1S/C15H17N5O2/c21-15(22)10-19-4-6-20(7-5-19)14-8-13(17-11-18-14)12-2-1-3-16-9-12/h1-3,8-9,11H,4-7,10H2,(H,21,22). The number of piperazine rings is 1. The fraction of sp³-hybridized carbons (Fsp3) is 0.333. The van der Waals surface area contributed by atoms with Gasteiger partial charge in [-0.15, -0.1) is 0 Å². The minimum Gasteiger partial charge on any atom is -0.480 e. The van der Waals surface area contributed by atoms with Crippen molar-refractivity contribution in [1.29, 1.82) is 0 Å². The number of pyridine rings is 1. The number of hydrogen-bond acceptors (Lipinski definition) is 6. The summed E-state index contributed by atoms with van der Waals surface area (Å²) in [5.41, 5.74) is 1.79. The first kappa shape index (κ1) is 14.4. The lowest BCUT2D eigenvalue weighted by Crippen LogP contribution is -2.48. The molecule has 3 heterocycles. The Bertz CT molecular complexity index is 641. The lowest BCUT2D eigenvalue weighted by molar-refractivity contribution is -0.138. The molecule has 1 aliphatic heterocycles. The summed E-state index contributed by atoms with van der Waals surface area (Å²) >= 11 is 0. The molecule has 0 spiro atoms. The number of nitrogens with zero attached hydrogens (tertiary/aromatic N) is 5. The minimum atomic E-state index is -0.783. The lowest BCUT2D eigenvalue weighted by atomic mass is 10.2. The van der Waals surface area contributed by atoms with Crippen LogP contribution >= 0.6 is 0 Å². The average molecular weight is 299 g/mol. The van der Waals surface area contributed by atoms with Crippen LogP contribution in [0.1, 0.15) is 0 Å². The molecule has 0 aromatic carbocycles. The van der Waals surface area contributed by atoms with E-state index in [1.807, 2.05) is 23.1 Å². The Balaban J connectivity index is 1.70. The van der Waals surface area contributed by atoms with Crippen molar-refractivity contribution < 1.29 is 9.90 Å². The van der Waals surface area contributed by atoms with Gasteiger partial charge in [0.05, 0.1) is 12.2 Å². The number of carbonyl (C=O) groups is 1. The zero-order valence-corrected chi connectivity index (χ0v) is 12.1. The van der Waals surface area contributed by atoms with Crippen LogP contribution in [-0.2, 0) is 4.79 Å². The first-order valence-electron chi connectivity index (χ1n) is 7.14. The van der Waals surface area contributed by atoms with Crippen molar-refractivity contribution in [2.24, 2.45) is 0 Å². The van der Waals surface area contributed by atoms with Gasteiger partial charge < -0.3 is 10.0 Å². The predicted octanol–water partition coefficient (Wildman–Crippen LogP) is 0.745. The number of aromatic nitrogens is 3. The van der Waals surface area contributed by atoms with Crippen molar-refractivity contribution >= 4 is 11.8 Å². The maximum atomic E-state index is 10.7. The van der Waals surface area contributed by atoms with E-state index < -0.39 is 5.97 Å². The third-order valence-electron chi connectivity index (χ3n) is 3.67. The van der Waals surface area contributed by atoms with Gasteiger partial charge in [0.25, 0.3) is 0 Å². The van der Waals surface area contributed by atoms with Crippen molar-refractivity contribution in [3.8, 4) is 11.3 Å². The highest BCUT2D eigenvalue weighted by Crippen LogP contribution is 2.20. The monoisotopic (exact) mass is 299 g/mol. The molecule has 7 heteroatoms. The number of carboxylic acids is 1. The van der Waals surface area contributed by atoms with E-state index in [0.29, 0.717) is 0 Å². The highest BCUT2D eigenvalue weighted by molar-refractivity contribution is 5.69. The molecular formula is C15H17N5O2. The van der Waals surface area contributed by atoms with Gasteiger partial charge in [-0.1, -0.05) is 0 Å². The SMILES string of the molecule is O=C(O)CN1CCN(c2cc(-c3cccnc3)ncn2)CC1. The summed E-state index contributed by atoms with van der Waals surface area (Å²) in [6, 6.07) is 5.79. The van der Waals surface area contributed by atoms with Crippen LogP contribution in [0.4, 0.5) is 5.82 Å². The van der Waals surface area contributed by atoms with E-state index in [1.54, 1.807) is 18.7 Å². The Morgan fingerprint density at radius 2 is 2.05 bits per heavy atom. The van der Waals surface area contributed by atoms with Gasteiger partial charge >= 0.3 is 5.97 Å². The fourth-order valence-electron chi connectivity index (χ4n) is 2.52. The van der Waals surface area contributed by atoms with Gasteiger partial charge in [0.1, 0.15) is 12.1 Å². The maximum Gasteiger partial charge on any atom is 0.317 e. The number of carboxylic acid groups (broad SMARTS) is 1. The minimum absolute atomic E-state index is 0.0958. The molecule has 1 aliphatic rings. The molecule has 2 aromatic rings. The van der Waals surface area contributed by atoms with Crippen molar-refractivity contribution in [1.82, 2.24) is 19.9 Å². The normalized spacial score (nSPS) is 15.7. The Hall–Kier alpha value is -2.54. The van der Waals surface area contributed by atoms with Crippen LogP contribution in [0.2, 0.25) is 0 Å². The Labute approximate surface area is 128 Å². The third kappa shape index (κ3) is 3.37. The first-order valence-corrected chi connectivity index (χ1v) is 7.14. The second kappa shape index (κ2) is 6.48. The Morgan fingerprint density at radius 3 is 2.73 bits per heavy atom. The van der Waals surface area contributed by atoms with Crippen LogP contribution in [-0.4, -0.2) is 63.7 Å². The molecule has 0 radical (unpaired) electrons. The van der Waals surface area contributed by atoms with E-state index in [-0.39, 0.29) is 6.54 Å². The van der Waals surface area contributed by atoms with Crippen molar-refractivity contribution in [2.45, 2.75) is 0 Å². The summed E-state index contributed by atoms with van der Waals surface area (Å²) in [5, 5.41) is 8.83. The maximum absolute atomic E-state index is 10.7. The van der Waals surface area contributed by atoms with E-state index >= 15 is 0 Å². The van der Waals surface area contributed by atoms with E-state index in [1.165, 1.54) is 0 Å². The molecule has 2 aromatic heterocycles. The summed E-state index contributed by atoms with van der Waals surface area (Å²) in [5.74, 6) is 0.0816. The lowest BCUT2D eigenvalue weighted by Gasteiger charge is -2.34. The number of aliphatic carboxylic acids is 1. The molecule has 0 amide bonds. The van der Waals surface area contributed by atoms with Gasteiger partial charge in [-0.3, -0.25) is 14.7 Å². The molecule has 22 heavy (non-hydrogen) atoms. The summed E-state index contributed by atoms with van der Waals surface area (Å²) in [7, 11) is 0. The second-order valence-corrected chi connectivity index (χ2v) is 5.16. The van der Waals surface area contributed by atoms with Gasteiger partial charge in [0.15, 0.2) is 0 Å². The van der Waals surface area contributed by atoms with Crippen LogP contribution in [0, 0.1) is 0 Å². The molecule has 0 unspecified atom stereocenters. The van der Waals surface area contributed by atoms with E-state index in [2.05, 4.69) is 19.9 Å². The average Bonchev–Trinajstić information content (AvgIpc) is 2.56. The summed E-state index contributed by atoms with van der Waals surface area (Å²) in [6.07, 6.45) is 5.06. The molecule has 1 saturated heterocycles. The van der Waals surface area contributed by atoms with Gasteiger partial charge in [0.2, 0.25) is 0 Å². The quantitative estimate of drug-likeness (QED) is 0.891. The fourth-order valence-corrected chi connectivity index (χ4v) is 2.52. The van der Waals surface area contributed by atoms with Crippen LogP contribution in [0.15, 0.2) is 36.9 Å². The number of rotatable bonds is 4. The molecule has 0 bridgehead atoms. The summed E-state index contributed by atoms with van der Waals surface area (Å²) in [6.45, 7) is 3.06. The van der Waals surface area contributed by atoms with Crippen LogP contribution in [0.5, 0.6) is 0 Å². The van der Waals surface area contributed by atoms with Gasteiger partial charge in [-0.05, 0) is 12.1 Å². The van der Waals surface area contributed by atoms with Crippen LogP contribution < -0.4 is 4.90 Å². The zero-order chi connectivity index (χ0) is 15.4. The molecule has 0 atom stereocenters. The summed E-state index contributed by atoms with van der Waals surface area (Å²) < 4.78 is 0. The second-order valence-electron chi connectivity index (χ2n) is 5.16. The Morgan fingerprint density at radius 1 is 1.23 bits per heavy atom. The van der Waals surface area contributed by atoms with E-state index in [9.17, 15) is 4.79 Å². The van der Waals surface area contributed by atoms with Crippen LogP contribution in [0.3, 0.4) is 0 Å². The number of hydrogen-bond donors (Lipinski definition) is 1. The van der Waals surface area contributed by atoms with Gasteiger partial charge in [-0.25, -0.2) is 9.97 Å². The zero-order valence-electron chi connectivity index (χ0n) is 12.1. The van der Waals surface area contributed by atoms with Gasteiger partial charge in [-0.2, -0.15) is 0 Å². The molecule has 114 valence electrons. The molecular weight excluding hydrogens is 282 g/mol. The highest BCUT2D eigenvalue weighted by atomic mass is 16.4. The predicted molar refractivity (Wildman–Crippen MR) is 81.6 cm³/mol. The molecule has 1 fully saturated rings. The first-order chi connectivity index (χ1) is 10.7. The third-order valence-corrected chi connectivity index (χ3v) is 3.67. The van der Waals surface area contributed by atoms with Crippen molar-refractivity contribution in [3.05, 3.63) is 36.9 Å². The summed E-state index contributed by atoms with van der Waals surface area (Å²) in [4.78, 5) is 27.6. The molecule has 0 aliphatic carbocycles. The van der Waals surface area contributed by atoms with Gasteiger partial charge in [0, 0.05) is 50.2 Å². The molecule has 1 N–H and O–H groups in total. The smallest absolute Gasteiger partial charge is 0.317 e. The van der Waals surface area contributed by atoms with E-state index in [4.69, 9.17) is 5.11 Å².